The highest BCUT2D eigenvalue weighted by molar-refractivity contribution is 5.87. The molecule has 0 spiro atoms. The Bertz CT molecular complexity index is 902. The number of aromatic nitrogens is 3. The zero-order valence-electron chi connectivity index (χ0n) is 15.0. The van der Waals surface area contributed by atoms with Gasteiger partial charge in [0.05, 0.1) is 30.0 Å². The molecule has 1 saturated heterocycles. The minimum atomic E-state index is 0.440. The molecule has 1 fully saturated rings. The van der Waals surface area contributed by atoms with Gasteiger partial charge in [-0.15, -0.1) is 0 Å². The van der Waals surface area contributed by atoms with Crippen LogP contribution < -0.4 is 10.1 Å². The molecule has 4 rings (SSSR count). The van der Waals surface area contributed by atoms with Crippen molar-refractivity contribution in [2.24, 2.45) is 0 Å². The Morgan fingerprint density at radius 2 is 2.16 bits per heavy atom. The SMILES string of the molecule is COc1cccc(-c2[nH]c3cnc(C4CCNC(C)C4)nc3c2C)c1. The van der Waals surface area contributed by atoms with Crippen molar-refractivity contribution in [3.05, 3.63) is 41.9 Å². The predicted molar refractivity (Wildman–Crippen MR) is 100 cm³/mol. The van der Waals surface area contributed by atoms with Gasteiger partial charge < -0.3 is 15.0 Å². The molecule has 3 heterocycles. The Balaban J connectivity index is 1.74. The topological polar surface area (TPSA) is 62.8 Å². The molecular weight excluding hydrogens is 312 g/mol. The highest BCUT2D eigenvalue weighted by atomic mass is 16.5. The summed E-state index contributed by atoms with van der Waals surface area (Å²) in [5.41, 5.74) is 5.36. The minimum absolute atomic E-state index is 0.440. The summed E-state index contributed by atoms with van der Waals surface area (Å²) in [5.74, 6) is 2.27. The fraction of sp³-hybridized carbons (Fsp3) is 0.400. The molecule has 130 valence electrons. The minimum Gasteiger partial charge on any atom is -0.497 e. The quantitative estimate of drug-likeness (QED) is 0.764. The highest BCUT2D eigenvalue weighted by Gasteiger charge is 2.23. The molecule has 2 atom stereocenters. The van der Waals surface area contributed by atoms with Gasteiger partial charge in [0, 0.05) is 23.1 Å². The van der Waals surface area contributed by atoms with Crippen molar-refractivity contribution in [2.75, 3.05) is 13.7 Å². The van der Waals surface area contributed by atoms with Crippen LogP contribution in [0.5, 0.6) is 5.75 Å². The molecule has 0 aliphatic carbocycles. The number of hydrogen-bond donors (Lipinski definition) is 2. The number of piperidine rings is 1. The van der Waals surface area contributed by atoms with Gasteiger partial charge in [-0.3, -0.25) is 0 Å². The maximum absolute atomic E-state index is 5.35. The predicted octanol–water partition coefficient (Wildman–Crippen LogP) is 3.80. The smallest absolute Gasteiger partial charge is 0.132 e. The second kappa shape index (κ2) is 6.48. The molecule has 5 heteroatoms. The number of fused-ring (bicyclic) bond motifs is 1. The van der Waals surface area contributed by atoms with Crippen molar-refractivity contribution in [3.63, 3.8) is 0 Å². The van der Waals surface area contributed by atoms with E-state index in [1.54, 1.807) is 7.11 Å². The standard InChI is InChI=1S/C20H24N4O/c1-12-9-15(7-8-21-12)20-22-11-17-19(24-20)13(2)18(23-17)14-5-4-6-16(10-14)25-3/h4-6,10-12,15,21,23H,7-9H2,1-3H3. The molecule has 5 nitrogen and oxygen atoms in total. The van der Waals surface area contributed by atoms with Crippen molar-refractivity contribution in [1.82, 2.24) is 20.3 Å². The summed E-state index contributed by atoms with van der Waals surface area (Å²) in [6, 6.07) is 8.62. The van der Waals surface area contributed by atoms with E-state index in [9.17, 15) is 0 Å². The first-order valence-electron chi connectivity index (χ1n) is 8.88. The molecular formula is C20H24N4O. The van der Waals surface area contributed by atoms with Crippen LogP contribution in [0.25, 0.3) is 22.3 Å². The van der Waals surface area contributed by atoms with Crippen molar-refractivity contribution in [3.8, 4) is 17.0 Å². The van der Waals surface area contributed by atoms with Crippen molar-refractivity contribution in [2.45, 2.75) is 38.6 Å². The van der Waals surface area contributed by atoms with Crippen molar-refractivity contribution >= 4 is 11.0 Å². The largest absolute Gasteiger partial charge is 0.497 e. The lowest BCUT2D eigenvalue weighted by Gasteiger charge is -2.26. The summed E-state index contributed by atoms with van der Waals surface area (Å²) in [7, 11) is 1.69. The molecule has 2 aromatic heterocycles. The van der Waals surface area contributed by atoms with Crippen LogP contribution in [-0.2, 0) is 0 Å². The first kappa shape index (κ1) is 16.1. The normalized spacial score (nSPS) is 20.8. The Kier molecular flexibility index (Phi) is 4.17. The number of benzene rings is 1. The van der Waals surface area contributed by atoms with Crippen LogP contribution in [0.3, 0.4) is 0 Å². The van der Waals surface area contributed by atoms with Crippen molar-refractivity contribution in [1.29, 1.82) is 0 Å². The Morgan fingerprint density at radius 1 is 1.28 bits per heavy atom. The van der Waals surface area contributed by atoms with Gasteiger partial charge in [0.1, 0.15) is 11.6 Å². The third-order valence-electron chi connectivity index (χ3n) is 5.14. The lowest BCUT2D eigenvalue weighted by Crippen LogP contribution is -2.35. The summed E-state index contributed by atoms with van der Waals surface area (Å²) in [6.07, 6.45) is 4.13. The lowest BCUT2D eigenvalue weighted by molar-refractivity contribution is 0.371. The van der Waals surface area contributed by atoms with Crippen LogP contribution in [0, 0.1) is 6.92 Å². The molecule has 0 bridgehead atoms. The third-order valence-corrected chi connectivity index (χ3v) is 5.14. The molecule has 1 aliphatic heterocycles. The third kappa shape index (κ3) is 3.00. The maximum Gasteiger partial charge on any atom is 0.132 e. The molecule has 3 aromatic rings. The summed E-state index contributed by atoms with van der Waals surface area (Å²) < 4.78 is 5.35. The van der Waals surface area contributed by atoms with E-state index in [1.165, 1.54) is 0 Å². The molecule has 0 radical (unpaired) electrons. The van der Waals surface area contributed by atoms with Crippen LogP contribution in [0.4, 0.5) is 0 Å². The fourth-order valence-corrected chi connectivity index (χ4v) is 3.75. The average molecular weight is 336 g/mol. The van der Waals surface area contributed by atoms with Gasteiger partial charge in [-0.25, -0.2) is 9.97 Å². The summed E-state index contributed by atoms with van der Waals surface area (Å²) in [6.45, 7) is 5.39. The summed E-state index contributed by atoms with van der Waals surface area (Å²) in [4.78, 5) is 13.0. The summed E-state index contributed by atoms with van der Waals surface area (Å²) >= 11 is 0. The second-order valence-electron chi connectivity index (χ2n) is 6.92. The second-order valence-corrected chi connectivity index (χ2v) is 6.92. The van der Waals surface area contributed by atoms with Crippen LogP contribution in [0.1, 0.15) is 37.1 Å². The molecule has 0 saturated carbocycles. The number of rotatable bonds is 3. The van der Waals surface area contributed by atoms with E-state index >= 15 is 0 Å². The van der Waals surface area contributed by atoms with E-state index in [2.05, 4.69) is 35.2 Å². The molecule has 2 N–H and O–H groups in total. The van der Waals surface area contributed by atoms with E-state index < -0.39 is 0 Å². The number of aryl methyl sites for hydroxylation is 1. The Labute approximate surface area is 147 Å². The molecule has 2 unspecified atom stereocenters. The fourth-order valence-electron chi connectivity index (χ4n) is 3.75. The van der Waals surface area contributed by atoms with Gasteiger partial charge in [0.15, 0.2) is 0 Å². The van der Waals surface area contributed by atoms with E-state index in [4.69, 9.17) is 9.72 Å². The Morgan fingerprint density at radius 3 is 2.96 bits per heavy atom. The van der Waals surface area contributed by atoms with Crippen molar-refractivity contribution < 1.29 is 4.74 Å². The molecule has 1 aromatic carbocycles. The van der Waals surface area contributed by atoms with Gasteiger partial charge in [-0.2, -0.15) is 0 Å². The number of H-pyrrole nitrogens is 1. The van der Waals surface area contributed by atoms with E-state index in [0.717, 1.165) is 58.8 Å². The molecule has 0 amide bonds. The van der Waals surface area contributed by atoms with Gasteiger partial charge in [0.2, 0.25) is 0 Å². The number of ether oxygens (including phenoxy) is 1. The first-order chi connectivity index (χ1) is 12.2. The zero-order chi connectivity index (χ0) is 17.4. The van der Waals surface area contributed by atoms with Gasteiger partial charge in [0.25, 0.3) is 0 Å². The number of hydrogen-bond acceptors (Lipinski definition) is 4. The number of methoxy groups -OCH3 is 1. The van der Waals surface area contributed by atoms with E-state index in [-0.39, 0.29) is 0 Å². The molecule has 25 heavy (non-hydrogen) atoms. The van der Waals surface area contributed by atoms with Crippen LogP contribution in [-0.4, -0.2) is 34.6 Å². The highest BCUT2D eigenvalue weighted by Crippen LogP contribution is 2.32. The van der Waals surface area contributed by atoms with Crippen LogP contribution in [0.2, 0.25) is 0 Å². The maximum atomic E-state index is 5.35. The number of nitrogens with one attached hydrogen (secondary N) is 2. The number of nitrogens with zero attached hydrogens (tertiary/aromatic N) is 2. The van der Waals surface area contributed by atoms with Gasteiger partial charge in [-0.1, -0.05) is 12.1 Å². The lowest BCUT2D eigenvalue weighted by atomic mass is 9.92. The van der Waals surface area contributed by atoms with Gasteiger partial charge >= 0.3 is 0 Å². The van der Waals surface area contributed by atoms with E-state index in [0.29, 0.717) is 12.0 Å². The van der Waals surface area contributed by atoms with Crippen LogP contribution >= 0.6 is 0 Å². The average Bonchev–Trinajstić information content (AvgIpc) is 2.98. The first-order valence-corrected chi connectivity index (χ1v) is 8.88. The Hall–Kier alpha value is -2.40. The zero-order valence-corrected chi connectivity index (χ0v) is 15.0. The van der Waals surface area contributed by atoms with E-state index in [1.807, 2.05) is 24.4 Å². The summed E-state index contributed by atoms with van der Waals surface area (Å²) in [5, 5.41) is 3.49. The molecule has 1 aliphatic rings. The monoisotopic (exact) mass is 336 g/mol. The number of aromatic amines is 1. The van der Waals surface area contributed by atoms with Gasteiger partial charge in [-0.05, 0) is 45.4 Å². The van der Waals surface area contributed by atoms with Crippen LogP contribution in [0.15, 0.2) is 30.5 Å².